The normalized spacial score (nSPS) is 12.9. The first kappa shape index (κ1) is 28.9. The zero-order valence-corrected chi connectivity index (χ0v) is 20.5. The Morgan fingerprint density at radius 1 is 1.00 bits per heavy atom. The van der Waals surface area contributed by atoms with Crippen LogP contribution in [0.5, 0.6) is 5.75 Å². The number of carbonyl (C=O) groups is 7. The van der Waals surface area contributed by atoms with Crippen molar-refractivity contribution in [2.24, 2.45) is 5.73 Å². The predicted molar refractivity (Wildman–Crippen MR) is 129 cm³/mol. The van der Waals surface area contributed by atoms with E-state index in [4.69, 9.17) is 10.5 Å². The molecule has 1 aromatic rings. The number of fused-ring (bicyclic) bond motifs is 1. The summed E-state index contributed by atoms with van der Waals surface area (Å²) in [4.78, 5) is 83.9. The van der Waals surface area contributed by atoms with Crippen molar-refractivity contribution >= 4 is 41.7 Å². The van der Waals surface area contributed by atoms with Crippen LogP contribution in [0.4, 0.5) is 0 Å². The minimum Gasteiger partial charge on any atom is -0.483 e. The third kappa shape index (κ3) is 8.12. The van der Waals surface area contributed by atoms with Gasteiger partial charge >= 0.3 is 0 Å². The molecule has 1 atom stereocenters. The fourth-order valence-electron chi connectivity index (χ4n) is 3.64. The molecule has 0 fully saturated rings. The van der Waals surface area contributed by atoms with Crippen LogP contribution >= 0.6 is 0 Å². The molecule has 1 aliphatic rings. The van der Waals surface area contributed by atoms with E-state index >= 15 is 0 Å². The predicted octanol–water partition coefficient (Wildman–Crippen LogP) is -0.967. The Bertz CT molecular complexity index is 1060. The number of unbranched alkanes of at least 4 members (excludes halogenated alkanes) is 1. The molecule has 1 heterocycles. The van der Waals surface area contributed by atoms with Crippen LogP contribution in [0.3, 0.4) is 0 Å². The molecule has 0 aromatic heterocycles. The van der Waals surface area contributed by atoms with E-state index in [1.165, 1.54) is 25.2 Å². The maximum Gasteiger partial charge on any atom is 0.266 e. The average molecular weight is 518 g/mol. The van der Waals surface area contributed by atoms with Crippen LogP contribution in [0.15, 0.2) is 18.2 Å². The SMILES string of the molecule is CNC(=O)CCC(=O)NCCCCNC(=O)COc1cccc2c1C(=O)N(C(CCC=O)C(N)=O)C2=O. The summed E-state index contributed by atoms with van der Waals surface area (Å²) in [6.45, 7) is 0.310. The average Bonchev–Trinajstić information content (AvgIpc) is 3.13. The molecule has 0 spiro atoms. The summed E-state index contributed by atoms with van der Waals surface area (Å²) in [5.41, 5.74) is 5.29. The maximum absolute atomic E-state index is 13.0. The van der Waals surface area contributed by atoms with Crippen LogP contribution in [0.2, 0.25) is 0 Å². The number of hydrogen-bond donors (Lipinski definition) is 4. The van der Waals surface area contributed by atoms with Gasteiger partial charge in [0.25, 0.3) is 17.7 Å². The molecule has 0 aliphatic carbocycles. The van der Waals surface area contributed by atoms with Crippen LogP contribution in [-0.4, -0.2) is 79.4 Å². The molecule has 5 N–H and O–H groups in total. The van der Waals surface area contributed by atoms with Gasteiger partial charge in [0, 0.05) is 39.4 Å². The van der Waals surface area contributed by atoms with Gasteiger partial charge in [-0.25, -0.2) is 0 Å². The van der Waals surface area contributed by atoms with Gasteiger partial charge in [-0.2, -0.15) is 0 Å². The van der Waals surface area contributed by atoms with Crippen molar-refractivity contribution in [1.82, 2.24) is 20.9 Å². The van der Waals surface area contributed by atoms with Gasteiger partial charge in [0.1, 0.15) is 18.1 Å². The maximum atomic E-state index is 13.0. The second kappa shape index (κ2) is 14.3. The lowest BCUT2D eigenvalue weighted by molar-refractivity contribution is -0.126. The highest BCUT2D eigenvalue weighted by atomic mass is 16.5. The van der Waals surface area contributed by atoms with E-state index in [1.54, 1.807) is 0 Å². The highest BCUT2D eigenvalue weighted by molar-refractivity contribution is 6.24. The zero-order chi connectivity index (χ0) is 27.4. The minimum atomic E-state index is -1.28. The Balaban J connectivity index is 1.82. The van der Waals surface area contributed by atoms with Crippen LogP contribution in [0.25, 0.3) is 0 Å². The number of ether oxygens (including phenoxy) is 1. The highest BCUT2D eigenvalue weighted by Gasteiger charge is 2.43. The monoisotopic (exact) mass is 517 g/mol. The molecule has 13 nitrogen and oxygen atoms in total. The van der Waals surface area contributed by atoms with E-state index in [2.05, 4.69) is 16.0 Å². The Labute approximate surface area is 213 Å². The second-order valence-corrected chi connectivity index (χ2v) is 8.19. The topological polar surface area (TPSA) is 194 Å². The highest BCUT2D eigenvalue weighted by Crippen LogP contribution is 2.32. The Hall–Kier alpha value is -4.29. The summed E-state index contributed by atoms with van der Waals surface area (Å²) in [5.74, 6) is -3.32. The number of hydrogen-bond acceptors (Lipinski definition) is 8. The van der Waals surface area contributed by atoms with Crippen LogP contribution in [-0.2, 0) is 24.0 Å². The number of nitrogens with two attached hydrogens (primary N) is 1. The first-order valence-electron chi connectivity index (χ1n) is 11.8. The van der Waals surface area contributed by atoms with Crippen LogP contribution in [0, 0.1) is 0 Å². The van der Waals surface area contributed by atoms with E-state index in [0.717, 1.165) is 4.90 Å². The summed E-state index contributed by atoms with van der Waals surface area (Å²) < 4.78 is 5.49. The molecule has 13 heteroatoms. The first-order chi connectivity index (χ1) is 17.7. The molecule has 2 rings (SSSR count). The van der Waals surface area contributed by atoms with Gasteiger partial charge in [0.2, 0.25) is 17.7 Å². The van der Waals surface area contributed by atoms with Gasteiger partial charge in [0.05, 0.1) is 11.1 Å². The van der Waals surface area contributed by atoms with Crippen molar-refractivity contribution in [2.45, 2.75) is 44.6 Å². The summed E-state index contributed by atoms with van der Waals surface area (Å²) in [6, 6.07) is 3.03. The standard InChI is InChI=1S/C24H31N5O8/c1-26-18(31)9-10-19(32)27-11-2-3-12-28-20(33)14-37-17-8-4-6-15-21(17)24(36)29(23(15)35)16(22(25)34)7-5-13-30/h4,6,8,13,16H,2-3,5,7,9-12,14H2,1H3,(H2,25,34)(H,26,31)(H,27,32)(H,28,33). The van der Waals surface area contributed by atoms with Crippen molar-refractivity contribution < 1.29 is 38.3 Å². The zero-order valence-electron chi connectivity index (χ0n) is 20.5. The Morgan fingerprint density at radius 3 is 2.27 bits per heavy atom. The van der Waals surface area contributed by atoms with Crippen molar-refractivity contribution in [3.8, 4) is 5.75 Å². The molecule has 37 heavy (non-hydrogen) atoms. The van der Waals surface area contributed by atoms with Gasteiger partial charge in [-0.3, -0.25) is 33.7 Å². The molecule has 0 saturated heterocycles. The fraction of sp³-hybridized carbons (Fsp3) is 0.458. The van der Waals surface area contributed by atoms with E-state index in [9.17, 15) is 33.6 Å². The van der Waals surface area contributed by atoms with Gasteiger partial charge in [-0.15, -0.1) is 0 Å². The Kier molecular flexibility index (Phi) is 11.2. The largest absolute Gasteiger partial charge is 0.483 e. The molecule has 6 amide bonds. The van der Waals surface area contributed by atoms with Crippen molar-refractivity contribution in [2.75, 3.05) is 26.7 Å². The summed E-state index contributed by atoms with van der Waals surface area (Å²) >= 11 is 0. The molecular weight excluding hydrogens is 486 g/mol. The molecular formula is C24H31N5O8. The number of primary amides is 1. The van der Waals surface area contributed by atoms with Gasteiger partial charge < -0.3 is 31.2 Å². The molecule has 1 aromatic carbocycles. The fourth-order valence-corrected chi connectivity index (χ4v) is 3.64. The number of amides is 6. The summed E-state index contributed by atoms with van der Waals surface area (Å²) in [7, 11) is 1.50. The lowest BCUT2D eigenvalue weighted by Crippen LogP contribution is -2.47. The molecule has 1 unspecified atom stereocenters. The second-order valence-electron chi connectivity index (χ2n) is 8.19. The number of imide groups is 1. The quantitative estimate of drug-likeness (QED) is 0.122. The Morgan fingerprint density at radius 2 is 1.65 bits per heavy atom. The van der Waals surface area contributed by atoms with Gasteiger partial charge in [0.15, 0.2) is 6.61 Å². The number of aldehydes is 1. The number of benzene rings is 1. The van der Waals surface area contributed by atoms with Gasteiger partial charge in [-0.05, 0) is 31.4 Å². The first-order valence-corrected chi connectivity index (χ1v) is 11.8. The molecule has 0 saturated carbocycles. The van der Waals surface area contributed by atoms with E-state index in [-0.39, 0.29) is 54.4 Å². The molecule has 200 valence electrons. The van der Waals surface area contributed by atoms with Crippen LogP contribution < -0.4 is 26.4 Å². The number of nitrogens with zero attached hydrogens (tertiary/aromatic N) is 1. The third-order valence-electron chi connectivity index (χ3n) is 5.57. The van der Waals surface area contributed by atoms with E-state index < -0.39 is 36.3 Å². The molecule has 0 radical (unpaired) electrons. The van der Waals surface area contributed by atoms with Crippen molar-refractivity contribution in [1.29, 1.82) is 0 Å². The molecule has 0 bridgehead atoms. The minimum absolute atomic E-state index is 0.00609. The molecule has 1 aliphatic heterocycles. The van der Waals surface area contributed by atoms with Crippen molar-refractivity contribution in [3.63, 3.8) is 0 Å². The number of carbonyl (C=O) groups excluding carboxylic acids is 7. The van der Waals surface area contributed by atoms with Crippen LogP contribution in [0.1, 0.15) is 59.2 Å². The lowest BCUT2D eigenvalue weighted by atomic mass is 10.1. The number of nitrogens with one attached hydrogen (secondary N) is 3. The third-order valence-corrected chi connectivity index (χ3v) is 5.57. The lowest BCUT2D eigenvalue weighted by Gasteiger charge is -2.22. The smallest absolute Gasteiger partial charge is 0.266 e. The summed E-state index contributed by atoms with van der Waals surface area (Å²) in [6.07, 6.45) is 1.82. The van der Waals surface area contributed by atoms with E-state index in [1.807, 2.05) is 0 Å². The number of rotatable bonds is 16. The van der Waals surface area contributed by atoms with E-state index in [0.29, 0.717) is 32.2 Å². The van der Waals surface area contributed by atoms with Crippen molar-refractivity contribution in [3.05, 3.63) is 29.3 Å². The summed E-state index contributed by atoms with van der Waals surface area (Å²) in [5, 5.41) is 7.79. The van der Waals surface area contributed by atoms with Gasteiger partial charge in [-0.1, -0.05) is 6.07 Å².